The third-order valence-corrected chi connectivity index (χ3v) is 3.60. The molecule has 0 amide bonds. The van der Waals surface area contributed by atoms with E-state index in [1.165, 1.54) is 0 Å². The van der Waals surface area contributed by atoms with Crippen LogP contribution in [0.15, 0.2) is 34.2 Å². The summed E-state index contributed by atoms with van der Waals surface area (Å²) >= 11 is 4.87. The van der Waals surface area contributed by atoms with E-state index in [0.29, 0.717) is 6.54 Å². The van der Waals surface area contributed by atoms with Crippen molar-refractivity contribution in [3.8, 4) is 0 Å². The topological polar surface area (TPSA) is 45.1 Å². The van der Waals surface area contributed by atoms with Crippen LogP contribution in [0.3, 0.4) is 0 Å². The highest BCUT2D eigenvalue weighted by Crippen LogP contribution is 2.20. The van der Waals surface area contributed by atoms with Crippen LogP contribution in [0.25, 0.3) is 0 Å². The van der Waals surface area contributed by atoms with E-state index in [1.807, 2.05) is 29.6 Å². The van der Waals surface area contributed by atoms with Gasteiger partial charge in [0.1, 0.15) is 4.60 Å². The van der Waals surface area contributed by atoms with E-state index in [9.17, 15) is 0 Å². The third kappa shape index (κ3) is 3.04. The zero-order valence-electron chi connectivity index (χ0n) is 8.48. The highest BCUT2D eigenvalue weighted by molar-refractivity contribution is 9.10. The molecule has 2 rings (SSSR count). The first-order chi connectivity index (χ1) is 7.78. The maximum absolute atomic E-state index is 9.01. The Kier molecular flexibility index (Phi) is 3.93. The average Bonchev–Trinajstić information content (AvgIpc) is 2.73. The summed E-state index contributed by atoms with van der Waals surface area (Å²) < 4.78 is 0.851. The van der Waals surface area contributed by atoms with Gasteiger partial charge in [-0.2, -0.15) is 0 Å². The second-order valence-corrected chi connectivity index (χ2v) is 4.98. The molecular formula is C11H11BrN2OS. The average molecular weight is 299 g/mol. The Balaban J connectivity index is 1.99. The van der Waals surface area contributed by atoms with Crippen LogP contribution in [-0.2, 0) is 13.2 Å². The molecule has 5 heteroatoms. The van der Waals surface area contributed by atoms with Gasteiger partial charge in [0.15, 0.2) is 5.13 Å². The van der Waals surface area contributed by atoms with Gasteiger partial charge < -0.3 is 10.4 Å². The van der Waals surface area contributed by atoms with E-state index >= 15 is 0 Å². The predicted octanol–water partition coefficient (Wildman–Crippen LogP) is 3.01. The number of aromatic nitrogens is 1. The van der Waals surface area contributed by atoms with Gasteiger partial charge in [-0.25, -0.2) is 4.98 Å². The van der Waals surface area contributed by atoms with Gasteiger partial charge in [0, 0.05) is 11.9 Å². The van der Waals surface area contributed by atoms with E-state index < -0.39 is 0 Å². The molecule has 0 radical (unpaired) electrons. The Hall–Kier alpha value is -0.910. The molecule has 1 aromatic carbocycles. The fourth-order valence-electron chi connectivity index (χ4n) is 1.35. The fourth-order valence-corrected chi connectivity index (χ4v) is 2.49. The molecule has 0 saturated heterocycles. The summed E-state index contributed by atoms with van der Waals surface area (Å²) in [6, 6.07) is 7.86. The van der Waals surface area contributed by atoms with Crippen molar-refractivity contribution in [1.29, 1.82) is 0 Å². The molecule has 2 N–H and O–H groups in total. The second-order valence-electron chi connectivity index (χ2n) is 3.31. The molecular weight excluding hydrogens is 288 g/mol. The van der Waals surface area contributed by atoms with Crippen LogP contribution in [0.4, 0.5) is 5.13 Å². The molecule has 0 aliphatic carbocycles. The number of nitrogens with zero attached hydrogens (tertiary/aromatic N) is 1. The van der Waals surface area contributed by atoms with Crippen LogP contribution in [0.5, 0.6) is 0 Å². The van der Waals surface area contributed by atoms with Crippen LogP contribution in [-0.4, -0.2) is 10.1 Å². The number of halogens is 1. The second kappa shape index (κ2) is 5.43. The van der Waals surface area contributed by atoms with Crippen LogP contribution in [0.1, 0.15) is 11.1 Å². The zero-order chi connectivity index (χ0) is 11.4. The first kappa shape index (κ1) is 11.6. The molecule has 0 aliphatic heterocycles. The number of hydrogen-bond acceptors (Lipinski definition) is 4. The minimum Gasteiger partial charge on any atom is -0.392 e. The number of hydrogen-bond donors (Lipinski definition) is 2. The van der Waals surface area contributed by atoms with Gasteiger partial charge in [-0.05, 0) is 27.1 Å². The van der Waals surface area contributed by atoms with Gasteiger partial charge >= 0.3 is 0 Å². The van der Waals surface area contributed by atoms with Crippen molar-refractivity contribution in [3.05, 3.63) is 45.4 Å². The molecule has 1 heterocycles. The summed E-state index contributed by atoms with van der Waals surface area (Å²) in [6.07, 6.45) is 0. The number of thiazole rings is 1. The molecule has 0 fully saturated rings. The lowest BCUT2D eigenvalue weighted by atomic mass is 10.1. The first-order valence-corrected chi connectivity index (χ1v) is 6.49. The molecule has 0 spiro atoms. The Morgan fingerprint density at radius 3 is 2.88 bits per heavy atom. The quantitative estimate of drug-likeness (QED) is 0.912. The molecule has 0 aliphatic rings. The molecule has 2 aromatic rings. The van der Waals surface area contributed by atoms with Crippen LogP contribution in [0.2, 0.25) is 0 Å². The van der Waals surface area contributed by atoms with E-state index in [1.54, 1.807) is 11.3 Å². The summed E-state index contributed by atoms with van der Waals surface area (Å²) in [5.74, 6) is 0. The number of aliphatic hydroxyl groups excluding tert-OH is 1. The van der Waals surface area contributed by atoms with E-state index in [0.717, 1.165) is 20.9 Å². The molecule has 0 saturated carbocycles. The summed E-state index contributed by atoms with van der Waals surface area (Å²) in [5, 5.41) is 15.1. The molecule has 84 valence electrons. The van der Waals surface area contributed by atoms with Gasteiger partial charge in [0.05, 0.1) is 6.61 Å². The lowest BCUT2D eigenvalue weighted by Gasteiger charge is -2.04. The highest BCUT2D eigenvalue weighted by atomic mass is 79.9. The summed E-state index contributed by atoms with van der Waals surface area (Å²) in [6.45, 7) is 0.796. The molecule has 16 heavy (non-hydrogen) atoms. The number of anilines is 1. The van der Waals surface area contributed by atoms with Crippen LogP contribution < -0.4 is 5.32 Å². The number of benzene rings is 1. The molecule has 0 bridgehead atoms. The van der Waals surface area contributed by atoms with Gasteiger partial charge in [-0.15, -0.1) is 11.3 Å². The standard InChI is InChI=1S/C11H11BrN2OS/c12-10-7-16-11(14-10)13-5-8-2-1-3-9(4-8)6-15/h1-4,7,15H,5-6H2,(H,13,14). The predicted molar refractivity (Wildman–Crippen MR) is 69.5 cm³/mol. The van der Waals surface area contributed by atoms with Crippen molar-refractivity contribution in [2.24, 2.45) is 0 Å². The van der Waals surface area contributed by atoms with Crippen molar-refractivity contribution in [3.63, 3.8) is 0 Å². The van der Waals surface area contributed by atoms with Gasteiger partial charge in [-0.3, -0.25) is 0 Å². The lowest BCUT2D eigenvalue weighted by molar-refractivity contribution is 0.281. The van der Waals surface area contributed by atoms with Crippen molar-refractivity contribution < 1.29 is 5.11 Å². The third-order valence-electron chi connectivity index (χ3n) is 2.09. The smallest absolute Gasteiger partial charge is 0.184 e. The maximum Gasteiger partial charge on any atom is 0.184 e. The van der Waals surface area contributed by atoms with Gasteiger partial charge in [0.2, 0.25) is 0 Å². The van der Waals surface area contributed by atoms with Gasteiger partial charge in [-0.1, -0.05) is 24.3 Å². The molecule has 0 atom stereocenters. The number of aliphatic hydroxyl groups is 1. The fraction of sp³-hybridized carbons (Fsp3) is 0.182. The number of nitrogens with one attached hydrogen (secondary N) is 1. The van der Waals surface area contributed by atoms with E-state index in [2.05, 4.69) is 26.2 Å². The Bertz CT molecular complexity index is 473. The Morgan fingerprint density at radius 1 is 1.38 bits per heavy atom. The Morgan fingerprint density at radius 2 is 2.19 bits per heavy atom. The Labute approximate surface area is 106 Å². The monoisotopic (exact) mass is 298 g/mol. The maximum atomic E-state index is 9.01. The highest BCUT2D eigenvalue weighted by Gasteiger charge is 1.99. The zero-order valence-corrected chi connectivity index (χ0v) is 10.9. The van der Waals surface area contributed by atoms with Crippen molar-refractivity contribution in [2.75, 3.05) is 5.32 Å². The van der Waals surface area contributed by atoms with Crippen molar-refractivity contribution in [1.82, 2.24) is 4.98 Å². The summed E-state index contributed by atoms with van der Waals surface area (Å²) in [7, 11) is 0. The van der Waals surface area contributed by atoms with Crippen molar-refractivity contribution >= 4 is 32.4 Å². The van der Waals surface area contributed by atoms with E-state index in [-0.39, 0.29) is 6.61 Å². The lowest BCUT2D eigenvalue weighted by Crippen LogP contribution is -1.99. The first-order valence-electron chi connectivity index (χ1n) is 4.81. The van der Waals surface area contributed by atoms with Crippen molar-refractivity contribution in [2.45, 2.75) is 13.2 Å². The SMILES string of the molecule is OCc1cccc(CNc2nc(Br)cs2)c1. The number of rotatable bonds is 4. The largest absolute Gasteiger partial charge is 0.392 e. The molecule has 0 unspecified atom stereocenters. The minimum atomic E-state index is 0.0800. The molecule has 3 nitrogen and oxygen atoms in total. The summed E-state index contributed by atoms with van der Waals surface area (Å²) in [4.78, 5) is 4.24. The van der Waals surface area contributed by atoms with Crippen LogP contribution in [0, 0.1) is 0 Å². The summed E-state index contributed by atoms with van der Waals surface area (Å²) in [5.41, 5.74) is 2.07. The van der Waals surface area contributed by atoms with E-state index in [4.69, 9.17) is 5.11 Å². The molecule has 1 aromatic heterocycles. The minimum absolute atomic E-state index is 0.0800. The van der Waals surface area contributed by atoms with Gasteiger partial charge in [0.25, 0.3) is 0 Å². The normalized spacial score (nSPS) is 10.4. The van der Waals surface area contributed by atoms with Crippen LogP contribution >= 0.6 is 27.3 Å².